The smallest absolute Gasteiger partial charge is 0.271 e. The topological polar surface area (TPSA) is 88.4 Å². The van der Waals surface area contributed by atoms with Crippen LogP contribution in [-0.2, 0) is 10.0 Å². The van der Waals surface area contributed by atoms with Gasteiger partial charge in [0.2, 0.25) is 0 Å². The van der Waals surface area contributed by atoms with E-state index in [1.165, 1.54) is 24.7 Å². The van der Waals surface area contributed by atoms with Crippen LogP contribution in [0.25, 0.3) is 0 Å². The number of hydrogen-bond donors (Lipinski definition) is 2. The first-order chi connectivity index (χ1) is 11.1. The Labute approximate surface area is 136 Å². The largest absolute Gasteiger partial charge is 0.472 e. The lowest BCUT2D eigenvalue weighted by molar-refractivity contribution is 0.102. The van der Waals surface area contributed by atoms with Crippen LogP contribution in [0.2, 0.25) is 0 Å². The molecule has 2 aromatic heterocycles. The first-order valence-corrected chi connectivity index (χ1v) is 8.91. The van der Waals surface area contributed by atoms with Gasteiger partial charge in [-0.15, -0.1) is 11.3 Å². The summed E-state index contributed by atoms with van der Waals surface area (Å²) in [6, 6.07) is 11.3. The van der Waals surface area contributed by atoms with Crippen molar-refractivity contribution in [2.75, 3.05) is 10.0 Å². The third-order valence-corrected chi connectivity index (χ3v) is 5.73. The number of nitrogens with one attached hydrogen (secondary N) is 2. The molecule has 0 bridgehead atoms. The van der Waals surface area contributed by atoms with Crippen molar-refractivity contribution < 1.29 is 17.6 Å². The summed E-state index contributed by atoms with van der Waals surface area (Å²) < 4.78 is 32.2. The standard InChI is InChI=1S/C15H12N2O4S2/c18-15(11-7-8-21-10-11)16-12-4-1-2-5-13(12)17-23(19,20)14-6-3-9-22-14/h1-10,17H,(H,16,18). The second-order valence-corrected chi connectivity index (χ2v) is 7.41. The number of amides is 1. The molecule has 0 unspecified atom stereocenters. The van der Waals surface area contributed by atoms with Crippen molar-refractivity contribution in [1.82, 2.24) is 0 Å². The molecule has 6 nitrogen and oxygen atoms in total. The number of hydrogen-bond acceptors (Lipinski definition) is 5. The zero-order valence-corrected chi connectivity index (χ0v) is 13.4. The Balaban J connectivity index is 1.85. The van der Waals surface area contributed by atoms with Crippen LogP contribution in [0, 0.1) is 0 Å². The zero-order chi connectivity index (χ0) is 16.3. The highest BCUT2D eigenvalue weighted by Crippen LogP contribution is 2.26. The molecule has 118 valence electrons. The van der Waals surface area contributed by atoms with Crippen molar-refractivity contribution in [3.63, 3.8) is 0 Å². The second kappa shape index (κ2) is 6.27. The van der Waals surface area contributed by atoms with Crippen molar-refractivity contribution in [1.29, 1.82) is 0 Å². The maximum absolute atomic E-state index is 12.3. The molecule has 0 aliphatic rings. The van der Waals surface area contributed by atoms with Gasteiger partial charge < -0.3 is 9.73 Å². The summed E-state index contributed by atoms with van der Waals surface area (Å²) in [6.07, 6.45) is 2.70. The van der Waals surface area contributed by atoms with Gasteiger partial charge in [0.25, 0.3) is 15.9 Å². The van der Waals surface area contributed by atoms with E-state index in [4.69, 9.17) is 4.42 Å². The van der Waals surface area contributed by atoms with Crippen LogP contribution in [0.15, 0.2) is 69.0 Å². The average Bonchev–Trinajstić information content (AvgIpc) is 3.23. The van der Waals surface area contributed by atoms with E-state index in [0.717, 1.165) is 11.3 Å². The number of anilines is 2. The van der Waals surface area contributed by atoms with E-state index in [0.29, 0.717) is 11.3 Å². The molecule has 0 aliphatic carbocycles. The van der Waals surface area contributed by atoms with Crippen LogP contribution < -0.4 is 10.0 Å². The SMILES string of the molecule is O=C(Nc1ccccc1NS(=O)(=O)c1cccs1)c1ccoc1. The summed E-state index contributed by atoms with van der Waals surface area (Å²) >= 11 is 1.12. The molecule has 0 saturated carbocycles. The average molecular weight is 348 g/mol. The summed E-state index contributed by atoms with van der Waals surface area (Å²) in [5.74, 6) is -0.387. The number of thiophene rings is 1. The minimum absolute atomic E-state index is 0.202. The summed E-state index contributed by atoms with van der Waals surface area (Å²) in [6.45, 7) is 0. The molecular weight excluding hydrogens is 336 g/mol. The summed E-state index contributed by atoms with van der Waals surface area (Å²) in [5.41, 5.74) is 0.998. The van der Waals surface area contributed by atoms with E-state index in [2.05, 4.69) is 10.0 Å². The quantitative estimate of drug-likeness (QED) is 0.740. The molecule has 0 saturated heterocycles. The van der Waals surface area contributed by atoms with Crippen molar-refractivity contribution in [2.45, 2.75) is 4.21 Å². The monoisotopic (exact) mass is 348 g/mol. The summed E-state index contributed by atoms with van der Waals surface area (Å²) in [7, 11) is -3.68. The van der Waals surface area contributed by atoms with Crippen LogP contribution in [0.1, 0.15) is 10.4 Å². The van der Waals surface area contributed by atoms with Crippen molar-refractivity contribution in [3.05, 3.63) is 65.9 Å². The number of para-hydroxylation sites is 2. The van der Waals surface area contributed by atoms with E-state index in [1.807, 2.05) is 0 Å². The Bertz CT molecular complexity index is 901. The molecule has 23 heavy (non-hydrogen) atoms. The number of benzene rings is 1. The zero-order valence-electron chi connectivity index (χ0n) is 11.7. The van der Waals surface area contributed by atoms with Gasteiger partial charge in [-0.3, -0.25) is 9.52 Å². The van der Waals surface area contributed by atoms with E-state index < -0.39 is 10.0 Å². The molecule has 2 N–H and O–H groups in total. The number of furan rings is 1. The van der Waals surface area contributed by atoms with E-state index in [1.54, 1.807) is 35.7 Å². The van der Waals surface area contributed by atoms with Gasteiger partial charge >= 0.3 is 0 Å². The third-order valence-electron chi connectivity index (χ3n) is 2.96. The maximum Gasteiger partial charge on any atom is 0.271 e. The molecule has 1 amide bonds. The predicted octanol–water partition coefficient (Wildman–Crippen LogP) is 3.39. The lowest BCUT2D eigenvalue weighted by Crippen LogP contribution is -2.16. The minimum atomic E-state index is -3.68. The molecule has 0 radical (unpaired) electrons. The molecular formula is C15H12N2O4S2. The molecule has 3 aromatic rings. The van der Waals surface area contributed by atoms with Crippen LogP contribution in [0.4, 0.5) is 11.4 Å². The molecule has 8 heteroatoms. The first-order valence-electron chi connectivity index (χ1n) is 6.55. The molecule has 0 spiro atoms. The third kappa shape index (κ3) is 3.43. The fourth-order valence-electron chi connectivity index (χ4n) is 1.88. The van der Waals surface area contributed by atoms with Gasteiger partial charge in [0.1, 0.15) is 10.5 Å². The highest BCUT2D eigenvalue weighted by molar-refractivity contribution is 7.94. The van der Waals surface area contributed by atoms with Crippen LogP contribution in [0.5, 0.6) is 0 Å². The lowest BCUT2D eigenvalue weighted by atomic mass is 10.2. The Morgan fingerprint density at radius 2 is 1.83 bits per heavy atom. The minimum Gasteiger partial charge on any atom is -0.472 e. The lowest BCUT2D eigenvalue weighted by Gasteiger charge is -2.12. The summed E-state index contributed by atoms with van der Waals surface area (Å²) in [4.78, 5) is 12.1. The van der Waals surface area contributed by atoms with Gasteiger partial charge in [0.05, 0.1) is 23.2 Å². The van der Waals surface area contributed by atoms with E-state index >= 15 is 0 Å². The van der Waals surface area contributed by atoms with Crippen molar-refractivity contribution in [3.8, 4) is 0 Å². The van der Waals surface area contributed by atoms with Crippen molar-refractivity contribution in [2.24, 2.45) is 0 Å². The number of rotatable bonds is 5. The van der Waals surface area contributed by atoms with Gasteiger partial charge in [0.15, 0.2) is 0 Å². The molecule has 1 aromatic carbocycles. The van der Waals surface area contributed by atoms with Crippen LogP contribution in [-0.4, -0.2) is 14.3 Å². The van der Waals surface area contributed by atoms with Crippen LogP contribution in [0.3, 0.4) is 0 Å². The maximum atomic E-state index is 12.3. The molecule has 0 aliphatic heterocycles. The molecule has 0 atom stereocenters. The van der Waals surface area contributed by atoms with Gasteiger partial charge in [0, 0.05) is 0 Å². The fraction of sp³-hybridized carbons (Fsp3) is 0. The van der Waals surface area contributed by atoms with Gasteiger partial charge in [-0.1, -0.05) is 18.2 Å². The number of sulfonamides is 1. The number of carbonyl (C=O) groups excluding carboxylic acids is 1. The Morgan fingerprint density at radius 3 is 2.48 bits per heavy atom. The van der Waals surface area contributed by atoms with Gasteiger partial charge in [-0.25, -0.2) is 8.42 Å². The van der Waals surface area contributed by atoms with Crippen LogP contribution >= 0.6 is 11.3 Å². The molecule has 3 rings (SSSR count). The highest BCUT2D eigenvalue weighted by Gasteiger charge is 2.18. The van der Waals surface area contributed by atoms with E-state index in [-0.39, 0.29) is 15.8 Å². The van der Waals surface area contributed by atoms with Crippen molar-refractivity contribution >= 4 is 38.6 Å². The fourth-order valence-corrected chi connectivity index (χ4v) is 3.95. The highest BCUT2D eigenvalue weighted by atomic mass is 32.2. The van der Waals surface area contributed by atoms with Gasteiger partial charge in [-0.2, -0.15) is 0 Å². The Morgan fingerprint density at radius 1 is 1.04 bits per heavy atom. The summed E-state index contributed by atoms with van der Waals surface area (Å²) in [5, 5.41) is 4.34. The first kappa shape index (κ1) is 15.3. The molecule has 2 heterocycles. The van der Waals surface area contributed by atoms with E-state index in [9.17, 15) is 13.2 Å². The van der Waals surface area contributed by atoms with Gasteiger partial charge in [-0.05, 0) is 29.6 Å². The second-order valence-electron chi connectivity index (χ2n) is 4.55. The predicted molar refractivity (Wildman–Crippen MR) is 88.2 cm³/mol. The Kier molecular flexibility index (Phi) is 4.18. The molecule has 0 fully saturated rings. The number of carbonyl (C=O) groups is 1. The Hall–Kier alpha value is -2.58. The normalized spacial score (nSPS) is 11.1.